The normalized spacial score (nSPS) is 28.3. The van der Waals surface area contributed by atoms with Crippen molar-refractivity contribution in [2.24, 2.45) is 11.3 Å². The molecule has 1 N–H and O–H groups in total. The van der Waals surface area contributed by atoms with E-state index in [4.69, 9.17) is 4.74 Å². The van der Waals surface area contributed by atoms with Crippen LogP contribution in [0.4, 0.5) is 0 Å². The average Bonchev–Trinajstić information content (AvgIpc) is 2.24. The summed E-state index contributed by atoms with van der Waals surface area (Å²) < 4.78 is 32.1. The van der Waals surface area contributed by atoms with Crippen LogP contribution in [-0.4, -0.2) is 33.4 Å². The van der Waals surface area contributed by atoms with Crippen molar-refractivity contribution < 1.29 is 13.2 Å². The van der Waals surface area contributed by atoms with Crippen molar-refractivity contribution in [3.05, 3.63) is 0 Å². The molecule has 1 saturated carbocycles. The van der Waals surface area contributed by atoms with E-state index < -0.39 is 10.0 Å². The molecule has 1 saturated heterocycles. The van der Waals surface area contributed by atoms with Gasteiger partial charge in [-0.3, -0.25) is 0 Å². The molecule has 2 fully saturated rings. The zero-order valence-corrected chi connectivity index (χ0v) is 11.6. The van der Waals surface area contributed by atoms with Gasteiger partial charge in [0, 0.05) is 19.3 Å². The minimum atomic E-state index is -3.11. The second-order valence-corrected chi connectivity index (χ2v) is 7.66. The lowest BCUT2D eigenvalue weighted by molar-refractivity contribution is -0.0483. The summed E-state index contributed by atoms with van der Waals surface area (Å²) in [4.78, 5) is 0. The van der Waals surface area contributed by atoms with Crippen molar-refractivity contribution in [1.29, 1.82) is 0 Å². The lowest BCUT2D eigenvalue weighted by Gasteiger charge is -2.51. The molecule has 2 rings (SSSR count). The van der Waals surface area contributed by atoms with Gasteiger partial charge in [-0.25, -0.2) is 13.1 Å². The fourth-order valence-electron chi connectivity index (χ4n) is 2.96. The Morgan fingerprint density at radius 2 is 1.94 bits per heavy atom. The van der Waals surface area contributed by atoms with Gasteiger partial charge < -0.3 is 4.74 Å². The van der Waals surface area contributed by atoms with Crippen molar-refractivity contribution in [1.82, 2.24) is 4.72 Å². The Hall–Kier alpha value is -0.130. The van der Waals surface area contributed by atoms with Gasteiger partial charge in [0.05, 0.1) is 5.75 Å². The molecule has 0 aromatic carbocycles. The Balaban J connectivity index is 1.95. The molecule has 17 heavy (non-hydrogen) atoms. The summed E-state index contributed by atoms with van der Waals surface area (Å²) >= 11 is 0. The summed E-state index contributed by atoms with van der Waals surface area (Å²) in [5.74, 6) is 0.411. The molecule has 0 amide bonds. The van der Waals surface area contributed by atoms with E-state index in [1.165, 1.54) is 0 Å². The van der Waals surface area contributed by atoms with Crippen molar-refractivity contribution in [3.63, 3.8) is 0 Å². The second-order valence-electron chi connectivity index (χ2n) is 5.86. The van der Waals surface area contributed by atoms with E-state index in [0.717, 1.165) is 38.9 Å². The average molecular weight is 261 g/mol. The lowest BCUT2D eigenvalue weighted by Crippen LogP contribution is -2.57. The topological polar surface area (TPSA) is 55.4 Å². The van der Waals surface area contributed by atoms with Crippen molar-refractivity contribution in [3.8, 4) is 0 Å². The lowest BCUT2D eigenvalue weighted by atomic mass is 9.60. The molecule has 4 nitrogen and oxygen atoms in total. The van der Waals surface area contributed by atoms with E-state index in [-0.39, 0.29) is 23.1 Å². The highest BCUT2D eigenvalue weighted by atomic mass is 32.2. The van der Waals surface area contributed by atoms with Crippen LogP contribution in [0.2, 0.25) is 0 Å². The highest BCUT2D eigenvalue weighted by Gasteiger charge is 2.48. The predicted molar refractivity (Wildman–Crippen MR) is 67.3 cm³/mol. The first kappa shape index (κ1) is 13.3. The Labute approximate surface area is 104 Å². The van der Waals surface area contributed by atoms with Gasteiger partial charge in [0.1, 0.15) is 0 Å². The standard InChI is InChI=1S/C12H23NO3S/c1-10(2)9-17(14,15)13-11-3-4-12(11)5-7-16-8-6-12/h10-11,13H,3-9H2,1-2H3. The van der Waals surface area contributed by atoms with Gasteiger partial charge in [-0.15, -0.1) is 0 Å². The third-order valence-corrected chi connectivity index (χ3v) is 5.78. The van der Waals surface area contributed by atoms with Gasteiger partial charge >= 0.3 is 0 Å². The first-order chi connectivity index (χ1) is 7.94. The van der Waals surface area contributed by atoms with Crippen LogP contribution in [0.15, 0.2) is 0 Å². The van der Waals surface area contributed by atoms with E-state index in [1.54, 1.807) is 0 Å². The summed E-state index contributed by atoms with van der Waals surface area (Å²) in [5, 5.41) is 0. The number of hydrogen-bond acceptors (Lipinski definition) is 3. The number of rotatable bonds is 4. The maximum absolute atomic E-state index is 11.9. The van der Waals surface area contributed by atoms with Gasteiger partial charge in [0.25, 0.3) is 0 Å². The zero-order chi connectivity index (χ0) is 12.5. The maximum atomic E-state index is 11.9. The van der Waals surface area contributed by atoms with Crippen LogP contribution in [0, 0.1) is 11.3 Å². The number of nitrogens with one attached hydrogen (secondary N) is 1. The van der Waals surface area contributed by atoms with Crippen LogP contribution >= 0.6 is 0 Å². The van der Waals surface area contributed by atoms with Crippen LogP contribution in [0.25, 0.3) is 0 Å². The Kier molecular flexibility index (Phi) is 3.80. The molecule has 1 unspecified atom stereocenters. The zero-order valence-electron chi connectivity index (χ0n) is 10.7. The molecule has 0 bridgehead atoms. The predicted octanol–water partition coefficient (Wildman–Crippen LogP) is 1.52. The fraction of sp³-hybridized carbons (Fsp3) is 1.00. The molecule has 2 aliphatic rings. The van der Waals surface area contributed by atoms with Gasteiger partial charge in [0.2, 0.25) is 10.0 Å². The number of ether oxygens (including phenoxy) is 1. The van der Waals surface area contributed by atoms with Crippen molar-refractivity contribution in [2.75, 3.05) is 19.0 Å². The molecule has 0 aromatic heterocycles. The van der Waals surface area contributed by atoms with E-state index in [1.807, 2.05) is 13.8 Å². The smallest absolute Gasteiger partial charge is 0.212 e. The second kappa shape index (κ2) is 4.86. The quantitative estimate of drug-likeness (QED) is 0.835. The van der Waals surface area contributed by atoms with Crippen LogP contribution < -0.4 is 4.72 Å². The SMILES string of the molecule is CC(C)CS(=O)(=O)NC1CCC12CCOCC2. The Morgan fingerprint density at radius 1 is 1.29 bits per heavy atom. The molecular formula is C12H23NO3S. The van der Waals surface area contributed by atoms with E-state index in [0.29, 0.717) is 0 Å². The van der Waals surface area contributed by atoms with Crippen molar-refractivity contribution in [2.45, 2.75) is 45.6 Å². The first-order valence-corrected chi connectivity index (χ1v) is 8.16. The number of sulfonamides is 1. The molecule has 0 aromatic rings. The molecular weight excluding hydrogens is 238 g/mol. The molecule has 5 heteroatoms. The van der Waals surface area contributed by atoms with Crippen LogP contribution in [-0.2, 0) is 14.8 Å². The van der Waals surface area contributed by atoms with Crippen LogP contribution in [0.5, 0.6) is 0 Å². The summed E-state index contributed by atoms with van der Waals surface area (Å²) in [6, 6.07) is 0.148. The van der Waals surface area contributed by atoms with Crippen molar-refractivity contribution >= 4 is 10.0 Å². The molecule has 1 aliphatic carbocycles. The van der Waals surface area contributed by atoms with Gasteiger partial charge in [-0.1, -0.05) is 13.8 Å². The highest BCUT2D eigenvalue weighted by Crippen LogP contribution is 2.48. The van der Waals surface area contributed by atoms with Gasteiger partial charge in [0.15, 0.2) is 0 Å². The molecule has 0 radical (unpaired) electrons. The maximum Gasteiger partial charge on any atom is 0.212 e. The Bertz CT molecular complexity index is 358. The molecule has 1 atom stereocenters. The molecule has 100 valence electrons. The van der Waals surface area contributed by atoms with E-state index in [9.17, 15) is 8.42 Å². The Morgan fingerprint density at radius 3 is 2.41 bits per heavy atom. The van der Waals surface area contributed by atoms with Crippen LogP contribution in [0.3, 0.4) is 0 Å². The third-order valence-electron chi connectivity index (χ3n) is 4.03. The summed E-state index contributed by atoms with van der Waals surface area (Å²) in [7, 11) is -3.11. The number of hydrogen-bond donors (Lipinski definition) is 1. The van der Waals surface area contributed by atoms with Gasteiger partial charge in [-0.2, -0.15) is 0 Å². The summed E-state index contributed by atoms with van der Waals surface area (Å²) in [6.07, 6.45) is 4.13. The minimum Gasteiger partial charge on any atom is -0.381 e. The monoisotopic (exact) mass is 261 g/mol. The van der Waals surface area contributed by atoms with E-state index in [2.05, 4.69) is 4.72 Å². The molecule has 1 heterocycles. The first-order valence-electron chi connectivity index (χ1n) is 6.51. The summed E-state index contributed by atoms with van der Waals surface area (Å²) in [6.45, 7) is 5.43. The minimum absolute atomic E-state index is 0.148. The van der Waals surface area contributed by atoms with E-state index >= 15 is 0 Å². The summed E-state index contributed by atoms with van der Waals surface area (Å²) in [5.41, 5.74) is 0.197. The fourth-order valence-corrected chi connectivity index (χ4v) is 4.74. The van der Waals surface area contributed by atoms with Gasteiger partial charge in [-0.05, 0) is 37.0 Å². The largest absolute Gasteiger partial charge is 0.381 e. The third kappa shape index (κ3) is 3.01. The molecule has 1 aliphatic heterocycles. The molecule has 1 spiro atoms. The highest BCUT2D eigenvalue weighted by molar-refractivity contribution is 7.89. The van der Waals surface area contributed by atoms with Crippen LogP contribution in [0.1, 0.15) is 39.5 Å².